The number of carbonyl (C=O) groups is 2. The highest BCUT2D eigenvalue weighted by atomic mass is 35.5. The zero-order valence-corrected chi connectivity index (χ0v) is 7.82. The van der Waals surface area contributed by atoms with Crippen LogP contribution in [-0.2, 0) is 9.59 Å². The van der Waals surface area contributed by atoms with E-state index in [1.54, 1.807) is 0 Å². The summed E-state index contributed by atoms with van der Waals surface area (Å²) in [6.45, 7) is 0. The van der Waals surface area contributed by atoms with Gasteiger partial charge >= 0.3 is 11.9 Å². The second kappa shape index (κ2) is 5.31. The lowest BCUT2D eigenvalue weighted by atomic mass is 10.2. The Labute approximate surface area is 90.9 Å². The second-order valence-corrected chi connectivity index (χ2v) is 2.93. The molecule has 1 heterocycles. The lowest BCUT2D eigenvalue weighted by molar-refractivity contribution is -0.141. The maximum atomic E-state index is 10.8. The van der Waals surface area contributed by atoms with Crippen molar-refractivity contribution in [1.29, 1.82) is 0 Å². The highest BCUT2D eigenvalue weighted by molar-refractivity contribution is 8.00. The molecule has 7 heteroatoms. The Kier molecular flexibility index (Phi) is 2.82. The van der Waals surface area contributed by atoms with Gasteiger partial charge in [0.1, 0.15) is 6.04 Å². The van der Waals surface area contributed by atoms with Gasteiger partial charge in [-0.05, 0) is 12.1 Å². The molecule has 13 heavy (non-hydrogen) atoms. The van der Waals surface area contributed by atoms with Crippen LogP contribution < -0.4 is 5.32 Å². The minimum Gasteiger partial charge on any atom is -0.480 e. The fourth-order valence-corrected chi connectivity index (χ4v) is 1.24. The fraction of sp³-hybridized carbons (Fsp3) is 0.667. The first-order valence-corrected chi connectivity index (χ1v) is 3.87. The predicted molar refractivity (Wildman–Crippen MR) is 50.3 cm³/mol. The van der Waals surface area contributed by atoms with Gasteiger partial charge in [-0.15, -0.1) is 24.2 Å². The van der Waals surface area contributed by atoms with Crippen LogP contribution in [0.15, 0.2) is 0 Å². The molecule has 1 rings (SSSR count). The lowest BCUT2D eigenvalue weighted by Crippen LogP contribution is -2.49. The molecule has 1 unspecified atom stereocenters. The van der Waals surface area contributed by atoms with Crippen LogP contribution in [0.1, 0.15) is 11.9 Å². The molecule has 0 aliphatic carbocycles. The molecule has 1 saturated heterocycles. The Bertz CT molecular complexity index is 342. The first-order valence-electron chi connectivity index (χ1n) is 4.99. The fourth-order valence-electron chi connectivity index (χ4n) is 0.634. The summed E-state index contributed by atoms with van der Waals surface area (Å²) in [4.78, 5) is 21.4. The van der Waals surface area contributed by atoms with Crippen molar-refractivity contribution < 1.29 is 25.3 Å². The van der Waals surface area contributed by atoms with Crippen molar-refractivity contribution in [2.75, 3.05) is 5.70 Å². The molecule has 1 fully saturated rings. The van der Waals surface area contributed by atoms with Crippen LogP contribution in [0.3, 0.4) is 0 Å². The molecule has 0 aromatic rings. The smallest absolute Gasteiger partial charge is 0.331 e. The number of hydrogen-bond donors (Lipinski definition) is 3. The zero-order chi connectivity index (χ0) is 12.7. The highest BCUT2D eigenvalue weighted by Gasteiger charge is 2.30. The van der Waals surface area contributed by atoms with Crippen LogP contribution in [0, 0.1) is 0 Å². The summed E-state index contributed by atoms with van der Waals surface area (Å²) in [5.41, 5.74) is -2.59. The van der Waals surface area contributed by atoms with Crippen molar-refractivity contribution in [3.8, 4) is 0 Å². The van der Waals surface area contributed by atoms with Crippen molar-refractivity contribution in [2.24, 2.45) is 0 Å². The Morgan fingerprint density at radius 1 is 1.46 bits per heavy atom. The van der Waals surface area contributed by atoms with Crippen LogP contribution in [0.4, 0.5) is 0 Å². The topological polar surface area (TPSA) is 86.6 Å². The van der Waals surface area contributed by atoms with Crippen molar-refractivity contribution in [1.82, 2.24) is 5.32 Å². The summed E-state index contributed by atoms with van der Waals surface area (Å²) in [5.74, 6) is -3.06. The van der Waals surface area contributed by atoms with E-state index in [4.69, 9.17) is 15.7 Å². The minimum atomic E-state index is -2.70. The summed E-state index contributed by atoms with van der Waals surface area (Å²) < 4.78 is 29.5. The number of nitrogens with one attached hydrogen (secondary N) is 1. The number of hydrogen-bond acceptors (Lipinski definition) is 4. The van der Waals surface area contributed by atoms with Crippen molar-refractivity contribution in [3.05, 3.63) is 0 Å². The van der Waals surface area contributed by atoms with Gasteiger partial charge in [-0.3, -0.25) is 10.1 Å². The molecule has 0 amide bonds. The largest absolute Gasteiger partial charge is 0.480 e. The van der Waals surface area contributed by atoms with Crippen LogP contribution in [0.25, 0.3) is 0 Å². The molecular formula is C6H10ClNO4S. The van der Waals surface area contributed by atoms with Crippen LogP contribution in [0.2, 0.25) is 0 Å². The van der Waals surface area contributed by atoms with Gasteiger partial charge in [-0.2, -0.15) is 0 Å². The Balaban J connectivity index is 0.00000256. The van der Waals surface area contributed by atoms with E-state index in [1.807, 2.05) is 5.32 Å². The molecule has 3 N–H and O–H groups in total. The van der Waals surface area contributed by atoms with Crippen molar-refractivity contribution in [2.45, 2.75) is 17.8 Å². The number of thioether (sulfide) groups is 1. The standard InChI is InChI=1S/C6H9NO4S.ClH/c8-5(9)3-1-2-12-4(7-3)6(10)11;/h3-4,7H,1-2H2,(H,8,9)(H,10,11);1H/t3-,4?;/m1./s1/i1D2,2D2;. The minimum absolute atomic E-state index is 0. The van der Waals surface area contributed by atoms with E-state index >= 15 is 0 Å². The van der Waals surface area contributed by atoms with E-state index in [1.165, 1.54) is 0 Å². The number of rotatable bonds is 2. The van der Waals surface area contributed by atoms with Gasteiger partial charge in [0.25, 0.3) is 0 Å². The van der Waals surface area contributed by atoms with Gasteiger partial charge in [0, 0.05) is 5.48 Å². The van der Waals surface area contributed by atoms with E-state index in [0.717, 1.165) is 0 Å². The summed E-state index contributed by atoms with van der Waals surface area (Å²) in [6.07, 6.45) is -2.70. The van der Waals surface area contributed by atoms with Gasteiger partial charge in [-0.25, -0.2) is 4.79 Å². The van der Waals surface area contributed by atoms with Gasteiger partial charge < -0.3 is 10.2 Å². The SMILES string of the molecule is Cl.[2H]C1([2H])SC(C(=O)O)N[C@@H](C(=O)O)C1([2H])[2H]. The Morgan fingerprint density at radius 3 is 2.54 bits per heavy atom. The average Bonchev–Trinajstić information content (AvgIpc) is 2.08. The normalized spacial score (nSPS) is 39.7. The Hall–Kier alpha value is -0.460. The van der Waals surface area contributed by atoms with Crippen molar-refractivity contribution >= 4 is 36.1 Å². The molecule has 0 saturated carbocycles. The third kappa shape index (κ3) is 3.41. The van der Waals surface area contributed by atoms with Crippen LogP contribution >= 0.6 is 24.2 Å². The van der Waals surface area contributed by atoms with Gasteiger partial charge in [0.05, 0.1) is 0 Å². The van der Waals surface area contributed by atoms with Gasteiger partial charge in [0.15, 0.2) is 5.37 Å². The third-order valence-electron chi connectivity index (χ3n) is 1.17. The molecule has 0 aromatic heterocycles. The van der Waals surface area contributed by atoms with Crippen molar-refractivity contribution in [3.63, 3.8) is 0 Å². The maximum absolute atomic E-state index is 10.8. The van der Waals surface area contributed by atoms with Crippen LogP contribution in [-0.4, -0.2) is 39.3 Å². The molecule has 0 radical (unpaired) electrons. The average molecular weight is 232 g/mol. The zero-order valence-electron chi connectivity index (χ0n) is 10.2. The quantitative estimate of drug-likeness (QED) is 0.620. The van der Waals surface area contributed by atoms with E-state index < -0.39 is 35.4 Å². The third-order valence-corrected chi connectivity index (χ3v) is 1.98. The lowest BCUT2D eigenvalue weighted by Gasteiger charge is -2.24. The summed E-state index contributed by atoms with van der Waals surface area (Å²) in [5, 5.41) is 18.0. The van der Waals surface area contributed by atoms with E-state index in [2.05, 4.69) is 0 Å². The first kappa shape index (κ1) is 6.92. The number of halogens is 1. The van der Waals surface area contributed by atoms with E-state index in [-0.39, 0.29) is 24.2 Å². The molecule has 5 nitrogen and oxygen atoms in total. The summed E-state index contributed by atoms with van der Waals surface area (Å²) >= 11 is 0.209. The summed E-state index contributed by atoms with van der Waals surface area (Å²) in [7, 11) is 0. The molecule has 0 aromatic carbocycles. The molecule has 0 spiro atoms. The van der Waals surface area contributed by atoms with Gasteiger partial charge in [0.2, 0.25) is 0 Å². The first-order chi connectivity index (χ1) is 7.09. The van der Waals surface area contributed by atoms with E-state index in [0.29, 0.717) is 0 Å². The molecule has 1 aliphatic heterocycles. The molecule has 1 aliphatic rings. The predicted octanol–water partition coefficient (Wildman–Crippen LogP) is -0.00140. The monoisotopic (exact) mass is 231 g/mol. The number of carboxylic acid groups (broad SMARTS) is 2. The van der Waals surface area contributed by atoms with E-state index in [9.17, 15) is 9.59 Å². The number of aliphatic carboxylic acids is 2. The molecule has 76 valence electrons. The molecule has 2 atom stereocenters. The van der Waals surface area contributed by atoms with Gasteiger partial charge in [-0.1, -0.05) is 0 Å². The maximum Gasteiger partial charge on any atom is 0.331 e. The Morgan fingerprint density at radius 2 is 2.08 bits per heavy atom. The molecule has 0 bridgehead atoms. The number of carboxylic acids is 2. The molecular weight excluding hydrogens is 218 g/mol. The summed E-state index contributed by atoms with van der Waals surface area (Å²) in [6, 6.07) is -1.90. The second-order valence-electron chi connectivity index (χ2n) is 2.02. The highest BCUT2D eigenvalue weighted by Crippen LogP contribution is 2.18. The van der Waals surface area contributed by atoms with Crippen LogP contribution in [0.5, 0.6) is 0 Å².